The summed E-state index contributed by atoms with van der Waals surface area (Å²) in [5.74, 6) is -2.71. The number of amides is 1. The number of rotatable bonds is 3. The molecule has 0 unspecified atom stereocenters. The molecule has 0 fully saturated rings. The van der Waals surface area contributed by atoms with Gasteiger partial charge in [0.15, 0.2) is 0 Å². The second-order valence-corrected chi connectivity index (χ2v) is 4.11. The summed E-state index contributed by atoms with van der Waals surface area (Å²) in [6.07, 6.45) is 1.45. The second-order valence-electron chi connectivity index (χ2n) is 4.11. The molecule has 0 radical (unpaired) electrons. The van der Waals surface area contributed by atoms with Gasteiger partial charge in [-0.25, -0.2) is 9.18 Å². The van der Waals surface area contributed by atoms with Crippen molar-refractivity contribution < 1.29 is 19.1 Å². The predicted molar refractivity (Wildman–Crippen MR) is 70.3 cm³/mol. The minimum Gasteiger partial charge on any atom is -0.478 e. The molecule has 0 saturated carbocycles. The number of hydrogen-bond donors (Lipinski definition) is 2. The Morgan fingerprint density at radius 1 is 1.30 bits per heavy atom. The van der Waals surface area contributed by atoms with Crippen molar-refractivity contribution in [2.45, 2.75) is 6.92 Å². The number of para-hydroxylation sites is 1. The van der Waals surface area contributed by atoms with E-state index in [1.165, 1.54) is 30.5 Å². The number of halogens is 1. The highest BCUT2D eigenvalue weighted by Gasteiger charge is 2.17. The molecule has 0 aliphatic carbocycles. The summed E-state index contributed by atoms with van der Waals surface area (Å²) in [4.78, 5) is 27.0. The zero-order chi connectivity index (χ0) is 14.7. The first-order valence-electron chi connectivity index (χ1n) is 5.75. The van der Waals surface area contributed by atoms with Crippen LogP contribution in [0.15, 0.2) is 36.5 Å². The number of nitrogens with zero attached hydrogens (tertiary/aromatic N) is 1. The van der Waals surface area contributed by atoms with E-state index in [1.54, 1.807) is 6.92 Å². The van der Waals surface area contributed by atoms with E-state index in [0.717, 1.165) is 6.07 Å². The summed E-state index contributed by atoms with van der Waals surface area (Å²) in [7, 11) is 0. The van der Waals surface area contributed by atoms with E-state index in [0.29, 0.717) is 5.69 Å². The van der Waals surface area contributed by atoms with E-state index in [4.69, 9.17) is 5.11 Å². The number of carbonyl (C=O) groups is 2. The Morgan fingerprint density at radius 3 is 2.70 bits per heavy atom. The lowest BCUT2D eigenvalue weighted by atomic mass is 10.1. The number of carboxylic acid groups (broad SMARTS) is 1. The predicted octanol–water partition coefficient (Wildman–Crippen LogP) is 2.48. The molecular weight excluding hydrogens is 263 g/mol. The minimum atomic E-state index is -1.31. The maximum Gasteiger partial charge on any atom is 0.337 e. The summed E-state index contributed by atoms with van der Waals surface area (Å²) in [5, 5.41) is 11.3. The Morgan fingerprint density at radius 2 is 2.05 bits per heavy atom. The molecule has 2 N–H and O–H groups in total. The molecule has 1 aromatic carbocycles. The molecule has 0 bridgehead atoms. The first kappa shape index (κ1) is 13.7. The molecule has 1 amide bonds. The Hall–Kier alpha value is -2.76. The topological polar surface area (TPSA) is 79.3 Å². The number of aromatic carboxylic acids is 1. The van der Waals surface area contributed by atoms with Crippen molar-refractivity contribution >= 4 is 17.6 Å². The third-order valence-electron chi connectivity index (χ3n) is 2.64. The Bertz CT molecular complexity index is 686. The first-order chi connectivity index (χ1) is 9.49. The fraction of sp³-hybridized carbons (Fsp3) is 0.0714. The molecule has 0 atom stereocenters. The monoisotopic (exact) mass is 274 g/mol. The van der Waals surface area contributed by atoms with Gasteiger partial charge in [0.2, 0.25) is 0 Å². The van der Waals surface area contributed by atoms with E-state index >= 15 is 0 Å². The normalized spacial score (nSPS) is 10.1. The quantitative estimate of drug-likeness (QED) is 0.901. The molecule has 102 valence electrons. The Balaban J connectivity index is 2.35. The summed E-state index contributed by atoms with van der Waals surface area (Å²) >= 11 is 0. The lowest BCUT2D eigenvalue weighted by Gasteiger charge is -2.09. The van der Waals surface area contributed by atoms with Crippen LogP contribution in [-0.2, 0) is 0 Å². The van der Waals surface area contributed by atoms with Crippen molar-refractivity contribution in [3.8, 4) is 0 Å². The van der Waals surface area contributed by atoms with Gasteiger partial charge in [-0.1, -0.05) is 6.07 Å². The zero-order valence-corrected chi connectivity index (χ0v) is 10.6. The molecule has 2 rings (SSSR count). The fourth-order valence-corrected chi connectivity index (χ4v) is 1.70. The van der Waals surface area contributed by atoms with Crippen LogP contribution in [0, 0.1) is 12.7 Å². The molecule has 0 saturated heterocycles. The highest BCUT2D eigenvalue weighted by molar-refractivity contribution is 6.07. The lowest BCUT2D eigenvalue weighted by molar-refractivity contribution is 0.0697. The van der Waals surface area contributed by atoms with Crippen molar-refractivity contribution in [3.05, 3.63) is 59.2 Å². The van der Waals surface area contributed by atoms with Crippen LogP contribution >= 0.6 is 0 Å². The van der Waals surface area contributed by atoms with Crippen molar-refractivity contribution in [1.82, 2.24) is 4.98 Å². The SMILES string of the molecule is Cc1cc(C(=O)Nc2c(F)cccc2C(=O)O)ccn1. The van der Waals surface area contributed by atoms with Crippen molar-refractivity contribution in [1.29, 1.82) is 0 Å². The summed E-state index contributed by atoms with van der Waals surface area (Å²) in [6, 6.07) is 6.56. The average molecular weight is 274 g/mol. The average Bonchev–Trinajstić information content (AvgIpc) is 2.40. The molecule has 0 aliphatic rings. The summed E-state index contributed by atoms with van der Waals surface area (Å²) in [5.41, 5.74) is 0.255. The number of aryl methyl sites for hydroxylation is 1. The van der Waals surface area contributed by atoms with Crippen molar-refractivity contribution in [2.24, 2.45) is 0 Å². The van der Waals surface area contributed by atoms with Crippen LogP contribution in [0.3, 0.4) is 0 Å². The number of carbonyl (C=O) groups excluding carboxylic acids is 1. The first-order valence-corrected chi connectivity index (χ1v) is 5.75. The van der Waals surface area contributed by atoms with Crippen LogP contribution in [0.1, 0.15) is 26.4 Å². The van der Waals surface area contributed by atoms with Gasteiger partial charge in [0.25, 0.3) is 5.91 Å². The highest BCUT2D eigenvalue weighted by atomic mass is 19.1. The van der Waals surface area contributed by atoms with E-state index in [-0.39, 0.29) is 16.8 Å². The fourth-order valence-electron chi connectivity index (χ4n) is 1.70. The molecule has 1 heterocycles. The number of aromatic nitrogens is 1. The van der Waals surface area contributed by atoms with Gasteiger partial charge in [0.1, 0.15) is 5.82 Å². The molecule has 0 aliphatic heterocycles. The van der Waals surface area contributed by atoms with Crippen LogP contribution in [0.25, 0.3) is 0 Å². The van der Waals surface area contributed by atoms with E-state index in [2.05, 4.69) is 10.3 Å². The Labute approximate surface area is 114 Å². The maximum atomic E-state index is 13.7. The number of carboxylic acids is 1. The zero-order valence-electron chi connectivity index (χ0n) is 10.6. The van der Waals surface area contributed by atoms with Gasteiger partial charge < -0.3 is 10.4 Å². The smallest absolute Gasteiger partial charge is 0.337 e. The maximum absolute atomic E-state index is 13.7. The molecule has 1 aromatic heterocycles. The number of pyridine rings is 1. The highest BCUT2D eigenvalue weighted by Crippen LogP contribution is 2.20. The Kier molecular flexibility index (Phi) is 3.74. The molecule has 2 aromatic rings. The summed E-state index contributed by atoms with van der Waals surface area (Å²) < 4.78 is 13.7. The number of anilines is 1. The van der Waals surface area contributed by atoms with E-state index in [1.807, 2.05) is 0 Å². The van der Waals surface area contributed by atoms with Crippen LogP contribution in [0.4, 0.5) is 10.1 Å². The van der Waals surface area contributed by atoms with Gasteiger partial charge in [-0.05, 0) is 31.2 Å². The van der Waals surface area contributed by atoms with Crippen LogP contribution in [-0.4, -0.2) is 22.0 Å². The second kappa shape index (κ2) is 5.48. The number of hydrogen-bond acceptors (Lipinski definition) is 3. The van der Waals surface area contributed by atoms with Crippen molar-refractivity contribution in [2.75, 3.05) is 5.32 Å². The largest absolute Gasteiger partial charge is 0.478 e. The number of benzene rings is 1. The van der Waals surface area contributed by atoms with Crippen LogP contribution < -0.4 is 5.32 Å². The van der Waals surface area contributed by atoms with Crippen molar-refractivity contribution in [3.63, 3.8) is 0 Å². The van der Waals surface area contributed by atoms with Gasteiger partial charge in [-0.15, -0.1) is 0 Å². The molecule has 5 nitrogen and oxygen atoms in total. The summed E-state index contributed by atoms with van der Waals surface area (Å²) in [6.45, 7) is 1.71. The molecule has 0 spiro atoms. The lowest BCUT2D eigenvalue weighted by Crippen LogP contribution is -2.16. The minimum absolute atomic E-state index is 0.275. The van der Waals surface area contributed by atoms with Gasteiger partial charge in [0.05, 0.1) is 11.3 Å². The van der Waals surface area contributed by atoms with Crippen LogP contribution in [0.2, 0.25) is 0 Å². The third kappa shape index (κ3) is 2.80. The molecule has 6 heteroatoms. The van der Waals surface area contributed by atoms with Gasteiger partial charge in [-0.2, -0.15) is 0 Å². The van der Waals surface area contributed by atoms with Gasteiger partial charge >= 0.3 is 5.97 Å². The standard InChI is InChI=1S/C14H11FN2O3/c1-8-7-9(5-6-16-8)13(18)17-12-10(14(19)20)3-2-4-11(12)15/h2-7H,1H3,(H,17,18)(H,19,20). The third-order valence-corrected chi connectivity index (χ3v) is 2.64. The van der Waals surface area contributed by atoms with Gasteiger partial charge in [-0.3, -0.25) is 9.78 Å². The van der Waals surface area contributed by atoms with Gasteiger partial charge in [0, 0.05) is 17.5 Å². The van der Waals surface area contributed by atoms with Crippen LogP contribution in [0.5, 0.6) is 0 Å². The number of nitrogens with one attached hydrogen (secondary N) is 1. The van der Waals surface area contributed by atoms with E-state index < -0.39 is 17.7 Å². The molecule has 20 heavy (non-hydrogen) atoms. The van der Waals surface area contributed by atoms with E-state index in [9.17, 15) is 14.0 Å². The molecular formula is C14H11FN2O3.